The summed E-state index contributed by atoms with van der Waals surface area (Å²) in [6.07, 6.45) is 1.77. The molecule has 0 aliphatic carbocycles. The zero-order valence-corrected chi connectivity index (χ0v) is 14.5. The van der Waals surface area contributed by atoms with Gasteiger partial charge in [0.25, 0.3) is 0 Å². The smallest absolute Gasteiger partial charge is 0.221 e. The molecule has 0 unspecified atom stereocenters. The number of rotatable bonds is 3. The lowest BCUT2D eigenvalue weighted by Gasteiger charge is -2.25. The minimum atomic E-state index is -0.273. The third-order valence-electron chi connectivity index (χ3n) is 4.92. The second-order valence-corrected chi connectivity index (χ2v) is 6.50. The maximum absolute atomic E-state index is 13.5. The van der Waals surface area contributed by atoms with Gasteiger partial charge >= 0.3 is 0 Å². The Morgan fingerprint density at radius 2 is 1.81 bits per heavy atom. The summed E-state index contributed by atoms with van der Waals surface area (Å²) in [6.45, 7) is 1.40. The average Bonchev–Trinajstić information content (AvgIpc) is 2.68. The molecule has 1 N–H and O–H groups in total. The number of hydrogen-bond donors (Lipinski definition) is 1. The number of halogens is 1. The molecule has 0 atom stereocenters. The standard InChI is InChI=1S/C21H20FNO3/c1-25-21-18-12-16(24)6-7-17(18)19(13-2-4-15(22)5-3-13)20(23-21)14-8-10-26-11-9-14/h2-7,12,14,24H,8-11H2,1H3. The van der Waals surface area contributed by atoms with E-state index >= 15 is 0 Å². The van der Waals surface area contributed by atoms with Crippen molar-refractivity contribution < 1.29 is 19.0 Å². The number of hydrogen-bond acceptors (Lipinski definition) is 4. The molecule has 3 aromatic rings. The first-order chi connectivity index (χ1) is 12.7. The first kappa shape index (κ1) is 16.8. The highest BCUT2D eigenvalue weighted by molar-refractivity contribution is 6.01. The van der Waals surface area contributed by atoms with Gasteiger partial charge in [0, 0.05) is 30.1 Å². The van der Waals surface area contributed by atoms with Crippen molar-refractivity contribution in [2.24, 2.45) is 0 Å². The topological polar surface area (TPSA) is 51.6 Å². The van der Waals surface area contributed by atoms with Gasteiger partial charge in [-0.05, 0) is 54.1 Å². The fourth-order valence-corrected chi connectivity index (χ4v) is 3.63. The van der Waals surface area contributed by atoms with E-state index in [0.29, 0.717) is 19.1 Å². The van der Waals surface area contributed by atoms with Gasteiger partial charge in [-0.1, -0.05) is 12.1 Å². The van der Waals surface area contributed by atoms with Crippen LogP contribution in [-0.2, 0) is 4.74 Å². The van der Waals surface area contributed by atoms with Crippen molar-refractivity contribution in [1.82, 2.24) is 4.98 Å². The lowest BCUT2D eigenvalue weighted by Crippen LogP contribution is -2.16. The van der Waals surface area contributed by atoms with Crippen molar-refractivity contribution in [1.29, 1.82) is 0 Å². The van der Waals surface area contributed by atoms with Gasteiger partial charge in [-0.15, -0.1) is 0 Å². The number of nitrogens with zero attached hydrogens (tertiary/aromatic N) is 1. The number of benzene rings is 2. The van der Waals surface area contributed by atoms with E-state index in [1.807, 2.05) is 6.07 Å². The number of fused-ring (bicyclic) bond motifs is 1. The van der Waals surface area contributed by atoms with E-state index < -0.39 is 0 Å². The summed E-state index contributed by atoms with van der Waals surface area (Å²) in [7, 11) is 1.58. The maximum Gasteiger partial charge on any atom is 0.221 e. The molecule has 5 heteroatoms. The first-order valence-corrected chi connectivity index (χ1v) is 8.71. The molecule has 1 aliphatic rings. The van der Waals surface area contributed by atoms with E-state index in [4.69, 9.17) is 14.5 Å². The Labute approximate surface area is 151 Å². The second-order valence-electron chi connectivity index (χ2n) is 6.50. The molecule has 1 saturated heterocycles. The molecule has 0 bridgehead atoms. The summed E-state index contributed by atoms with van der Waals surface area (Å²) in [5, 5.41) is 11.6. The lowest BCUT2D eigenvalue weighted by atomic mass is 9.87. The Morgan fingerprint density at radius 3 is 2.50 bits per heavy atom. The minimum Gasteiger partial charge on any atom is -0.508 e. The van der Waals surface area contributed by atoms with Gasteiger partial charge < -0.3 is 14.6 Å². The third-order valence-corrected chi connectivity index (χ3v) is 4.92. The summed E-state index contributed by atoms with van der Waals surface area (Å²) in [5.41, 5.74) is 2.81. The number of methoxy groups -OCH3 is 1. The molecule has 134 valence electrons. The Balaban J connectivity index is 2.02. The molecule has 2 aromatic carbocycles. The Morgan fingerprint density at radius 1 is 1.08 bits per heavy atom. The first-order valence-electron chi connectivity index (χ1n) is 8.71. The van der Waals surface area contributed by atoms with Crippen molar-refractivity contribution in [3.8, 4) is 22.8 Å². The van der Waals surface area contributed by atoms with Crippen LogP contribution in [0.5, 0.6) is 11.6 Å². The molecule has 1 aromatic heterocycles. The van der Waals surface area contributed by atoms with Crippen LogP contribution in [0.25, 0.3) is 21.9 Å². The zero-order chi connectivity index (χ0) is 18.1. The van der Waals surface area contributed by atoms with Crippen LogP contribution in [0.4, 0.5) is 4.39 Å². The highest BCUT2D eigenvalue weighted by Crippen LogP contribution is 2.42. The van der Waals surface area contributed by atoms with Gasteiger partial charge in [0.1, 0.15) is 11.6 Å². The highest BCUT2D eigenvalue weighted by atomic mass is 19.1. The van der Waals surface area contributed by atoms with Crippen LogP contribution in [-0.4, -0.2) is 30.4 Å². The van der Waals surface area contributed by atoms with Crippen molar-refractivity contribution >= 4 is 10.8 Å². The van der Waals surface area contributed by atoms with E-state index in [0.717, 1.165) is 40.4 Å². The number of aromatic hydroxyl groups is 1. The molecule has 1 fully saturated rings. The Bertz CT molecular complexity index is 934. The fraction of sp³-hybridized carbons (Fsp3) is 0.286. The van der Waals surface area contributed by atoms with Gasteiger partial charge in [0.2, 0.25) is 5.88 Å². The van der Waals surface area contributed by atoms with E-state index in [1.54, 1.807) is 31.4 Å². The largest absolute Gasteiger partial charge is 0.508 e. The normalized spacial score (nSPS) is 15.3. The SMILES string of the molecule is COc1nc(C2CCOCC2)c(-c2ccc(F)cc2)c2ccc(O)cc12. The molecule has 26 heavy (non-hydrogen) atoms. The molecule has 0 radical (unpaired) electrons. The highest BCUT2D eigenvalue weighted by Gasteiger charge is 2.25. The minimum absolute atomic E-state index is 0.154. The lowest BCUT2D eigenvalue weighted by molar-refractivity contribution is 0.0845. The predicted molar refractivity (Wildman–Crippen MR) is 98.1 cm³/mol. The van der Waals surface area contributed by atoms with E-state index in [2.05, 4.69) is 0 Å². The van der Waals surface area contributed by atoms with Crippen LogP contribution < -0.4 is 4.74 Å². The Kier molecular flexibility index (Phi) is 4.47. The van der Waals surface area contributed by atoms with Crippen molar-refractivity contribution in [3.05, 3.63) is 54.0 Å². The van der Waals surface area contributed by atoms with Gasteiger partial charge in [-0.2, -0.15) is 0 Å². The molecule has 0 saturated carbocycles. The molecule has 2 heterocycles. The Hall–Kier alpha value is -2.66. The van der Waals surface area contributed by atoms with E-state index in [9.17, 15) is 9.50 Å². The second kappa shape index (κ2) is 6.92. The van der Waals surface area contributed by atoms with Crippen LogP contribution >= 0.6 is 0 Å². The van der Waals surface area contributed by atoms with E-state index in [-0.39, 0.29) is 17.5 Å². The molecular formula is C21H20FNO3. The quantitative estimate of drug-likeness (QED) is 0.745. The number of aromatic nitrogens is 1. The van der Waals surface area contributed by atoms with Crippen LogP contribution in [0.15, 0.2) is 42.5 Å². The van der Waals surface area contributed by atoms with Crippen molar-refractivity contribution in [3.63, 3.8) is 0 Å². The van der Waals surface area contributed by atoms with Crippen LogP contribution in [0.1, 0.15) is 24.5 Å². The third kappa shape index (κ3) is 2.99. The monoisotopic (exact) mass is 353 g/mol. The number of phenolic OH excluding ortho intramolecular Hbond substituents is 1. The number of ether oxygens (including phenoxy) is 2. The zero-order valence-electron chi connectivity index (χ0n) is 14.5. The summed E-state index contributed by atoms with van der Waals surface area (Å²) in [4.78, 5) is 4.80. The van der Waals surface area contributed by atoms with Crippen LogP contribution in [0, 0.1) is 5.82 Å². The molecule has 4 rings (SSSR count). The predicted octanol–water partition coefficient (Wildman–Crippen LogP) is 4.65. The number of pyridine rings is 1. The average molecular weight is 353 g/mol. The molecule has 0 amide bonds. The summed E-state index contributed by atoms with van der Waals surface area (Å²) >= 11 is 0. The van der Waals surface area contributed by atoms with Gasteiger partial charge in [0.15, 0.2) is 0 Å². The molecular weight excluding hydrogens is 333 g/mol. The van der Waals surface area contributed by atoms with Crippen LogP contribution in [0.3, 0.4) is 0 Å². The summed E-state index contributed by atoms with van der Waals surface area (Å²) in [6, 6.07) is 11.6. The van der Waals surface area contributed by atoms with E-state index in [1.165, 1.54) is 12.1 Å². The van der Waals surface area contributed by atoms with Gasteiger partial charge in [-0.25, -0.2) is 9.37 Å². The van der Waals surface area contributed by atoms with Crippen molar-refractivity contribution in [2.75, 3.05) is 20.3 Å². The maximum atomic E-state index is 13.5. The molecule has 1 aliphatic heterocycles. The summed E-state index contributed by atoms with van der Waals surface area (Å²) < 4.78 is 24.5. The fourth-order valence-electron chi connectivity index (χ4n) is 3.63. The molecule has 0 spiro atoms. The number of phenols is 1. The van der Waals surface area contributed by atoms with Gasteiger partial charge in [-0.3, -0.25) is 0 Å². The van der Waals surface area contributed by atoms with Crippen LogP contribution in [0.2, 0.25) is 0 Å². The van der Waals surface area contributed by atoms with Gasteiger partial charge in [0.05, 0.1) is 12.8 Å². The van der Waals surface area contributed by atoms with Crippen molar-refractivity contribution in [2.45, 2.75) is 18.8 Å². The summed E-state index contributed by atoms with van der Waals surface area (Å²) in [5.74, 6) is 0.616. The molecule has 4 nitrogen and oxygen atoms in total.